The first kappa shape index (κ1) is 19.2. The fraction of sp³-hybridized carbons (Fsp3) is 0.0870. The fourth-order valence-electron chi connectivity index (χ4n) is 2.92. The number of hydrazone groups is 1. The minimum absolute atomic E-state index is 0.118. The number of anilines is 1. The van der Waals surface area contributed by atoms with Crippen LogP contribution in [-0.2, 0) is 0 Å². The van der Waals surface area contributed by atoms with Crippen LogP contribution in [0.1, 0.15) is 5.56 Å². The third-order valence-corrected chi connectivity index (χ3v) is 4.37. The molecule has 0 aliphatic heterocycles. The van der Waals surface area contributed by atoms with E-state index in [4.69, 9.17) is 14.2 Å². The minimum atomic E-state index is 0.118. The van der Waals surface area contributed by atoms with Gasteiger partial charge in [-0.3, -0.25) is 5.43 Å². The van der Waals surface area contributed by atoms with Gasteiger partial charge in [-0.05, 0) is 29.0 Å². The number of nitrogens with zero attached hydrogens (tertiary/aromatic N) is 3. The molecule has 0 aliphatic rings. The zero-order valence-corrected chi connectivity index (χ0v) is 16.6. The van der Waals surface area contributed by atoms with Crippen LogP contribution in [0.15, 0.2) is 77.9 Å². The van der Waals surface area contributed by atoms with Crippen molar-refractivity contribution < 1.29 is 14.2 Å². The number of hydrogen-bond acceptors (Lipinski definition) is 7. The van der Waals surface area contributed by atoms with Crippen LogP contribution in [0.3, 0.4) is 0 Å². The van der Waals surface area contributed by atoms with Crippen molar-refractivity contribution in [3.63, 3.8) is 0 Å². The van der Waals surface area contributed by atoms with E-state index in [1.807, 2.05) is 66.7 Å². The molecular formula is C23H20N4O3. The molecule has 4 rings (SSSR count). The zero-order valence-electron chi connectivity index (χ0n) is 16.6. The summed E-state index contributed by atoms with van der Waals surface area (Å²) in [6.07, 6.45) is 1.72. The Morgan fingerprint density at radius 2 is 1.53 bits per heavy atom. The number of rotatable bonds is 7. The van der Waals surface area contributed by atoms with Gasteiger partial charge in [-0.2, -0.15) is 15.1 Å². The average Bonchev–Trinajstić information content (AvgIpc) is 2.80. The Hall–Kier alpha value is -4.13. The number of aromatic nitrogens is 2. The van der Waals surface area contributed by atoms with Crippen molar-refractivity contribution in [2.75, 3.05) is 19.6 Å². The molecule has 0 spiro atoms. The van der Waals surface area contributed by atoms with E-state index in [1.54, 1.807) is 12.3 Å². The molecule has 0 fully saturated rings. The third kappa shape index (κ3) is 4.30. The van der Waals surface area contributed by atoms with Crippen LogP contribution < -0.4 is 19.6 Å². The van der Waals surface area contributed by atoms with Gasteiger partial charge in [-0.1, -0.05) is 48.5 Å². The molecule has 0 saturated heterocycles. The molecular weight excluding hydrogens is 380 g/mol. The molecule has 3 aromatic carbocycles. The third-order valence-electron chi connectivity index (χ3n) is 4.37. The lowest BCUT2D eigenvalue weighted by Crippen LogP contribution is -2.00. The summed E-state index contributed by atoms with van der Waals surface area (Å²) >= 11 is 0. The summed E-state index contributed by atoms with van der Waals surface area (Å²) in [4.78, 5) is 8.50. The van der Waals surface area contributed by atoms with Crippen LogP contribution in [0.4, 0.5) is 5.69 Å². The second kappa shape index (κ2) is 8.91. The highest BCUT2D eigenvalue weighted by atomic mass is 16.5. The highest BCUT2D eigenvalue weighted by Gasteiger charge is 2.12. The van der Waals surface area contributed by atoms with Crippen LogP contribution in [0.25, 0.3) is 10.8 Å². The Kier molecular flexibility index (Phi) is 5.70. The van der Waals surface area contributed by atoms with Gasteiger partial charge in [0.2, 0.25) is 11.8 Å². The molecule has 0 radical (unpaired) electrons. The number of benzene rings is 3. The first-order valence-electron chi connectivity index (χ1n) is 9.27. The van der Waals surface area contributed by atoms with Crippen molar-refractivity contribution in [2.24, 2.45) is 5.10 Å². The summed E-state index contributed by atoms with van der Waals surface area (Å²) in [5.74, 6) is 1.25. The van der Waals surface area contributed by atoms with Gasteiger partial charge in [-0.25, -0.2) is 0 Å². The van der Waals surface area contributed by atoms with Crippen molar-refractivity contribution in [1.29, 1.82) is 0 Å². The minimum Gasteiger partial charge on any atom is -0.481 e. The van der Waals surface area contributed by atoms with Crippen molar-refractivity contribution in [3.8, 4) is 23.5 Å². The van der Waals surface area contributed by atoms with E-state index >= 15 is 0 Å². The van der Waals surface area contributed by atoms with E-state index in [1.165, 1.54) is 14.2 Å². The highest BCUT2D eigenvalue weighted by Crippen LogP contribution is 2.30. The maximum absolute atomic E-state index is 6.00. The molecule has 0 aliphatic carbocycles. The molecule has 0 bridgehead atoms. The second-order valence-electron chi connectivity index (χ2n) is 6.27. The van der Waals surface area contributed by atoms with E-state index in [2.05, 4.69) is 20.5 Å². The predicted octanol–water partition coefficient (Wildman–Crippen LogP) is 4.89. The lowest BCUT2D eigenvalue weighted by atomic mass is 10.0. The van der Waals surface area contributed by atoms with Crippen LogP contribution in [0.2, 0.25) is 0 Å². The second-order valence-corrected chi connectivity index (χ2v) is 6.27. The van der Waals surface area contributed by atoms with Crippen LogP contribution in [-0.4, -0.2) is 30.4 Å². The zero-order chi connectivity index (χ0) is 20.8. The van der Waals surface area contributed by atoms with Gasteiger partial charge >= 0.3 is 6.01 Å². The van der Waals surface area contributed by atoms with Gasteiger partial charge in [-0.15, -0.1) is 0 Å². The van der Waals surface area contributed by atoms with Crippen molar-refractivity contribution >= 4 is 22.7 Å². The number of methoxy groups -OCH3 is 2. The number of hydrogen-bond donors (Lipinski definition) is 1. The Morgan fingerprint density at radius 3 is 2.27 bits per heavy atom. The summed E-state index contributed by atoms with van der Waals surface area (Å²) in [7, 11) is 3.05. The van der Waals surface area contributed by atoms with Crippen LogP contribution >= 0.6 is 0 Å². The molecule has 1 N–H and O–H groups in total. The van der Waals surface area contributed by atoms with Crippen molar-refractivity contribution in [2.45, 2.75) is 0 Å². The molecule has 0 atom stereocenters. The SMILES string of the molecule is COc1cc(OC)nc(Oc2ccc3ccccc3c2C=NNc2ccccc2)n1. The van der Waals surface area contributed by atoms with Gasteiger partial charge in [0.15, 0.2) is 0 Å². The highest BCUT2D eigenvalue weighted by molar-refractivity contribution is 6.02. The smallest absolute Gasteiger partial charge is 0.328 e. The summed E-state index contributed by atoms with van der Waals surface area (Å²) in [5, 5.41) is 6.44. The largest absolute Gasteiger partial charge is 0.481 e. The topological polar surface area (TPSA) is 77.9 Å². The molecule has 1 aromatic heterocycles. The monoisotopic (exact) mass is 400 g/mol. The van der Waals surface area contributed by atoms with Crippen LogP contribution in [0, 0.1) is 0 Å². The standard InChI is InChI=1S/C23H20N4O3/c1-28-21-14-22(29-2)26-23(25-21)30-20-13-12-16-8-6-7-11-18(16)19(20)15-24-27-17-9-4-3-5-10-17/h3-15,27H,1-2H3. The first-order chi connectivity index (χ1) is 14.8. The van der Waals surface area contributed by atoms with E-state index < -0.39 is 0 Å². The summed E-state index contributed by atoms with van der Waals surface area (Å²) in [6.45, 7) is 0. The van der Waals surface area contributed by atoms with E-state index in [9.17, 15) is 0 Å². The molecule has 7 heteroatoms. The van der Waals surface area contributed by atoms with Gasteiger partial charge in [0.1, 0.15) is 5.75 Å². The quantitative estimate of drug-likeness (QED) is 0.352. The Morgan fingerprint density at radius 1 is 0.833 bits per heavy atom. The summed E-state index contributed by atoms with van der Waals surface area (Å²) in [5.41, 5.74) is 4.71. The fourth-order valence-corrected chi connectivity index (χ4v) is 2.92. The molecule has 150 valence electrons. The van der Waals surface area contributed by atoms with Gasteiger partial charge in [0.25, 0.3) is 0 Å². The average molecular weight is 400 g/mol. The summed E-state index contributed by atoms with van der Waals surface area (Å²) < 4.78 is 16.4. The van der Waals surface area contributed by atoms with E-state index in [0.29, 0.717) is 17.5 Å². The lowest BCUT2D eigenvalue weighted by Gasteiger charge is -2.11. The van der Waals surface area contributed by atoms with Gasteiger partial charge < -0.3 is 14.2 Å². The molecule has 7 nitrogen and oxygen atoms in total. The van der Waals surface area contributed by atoms with Gasteiger partial charge in [0, 0.05) is 5.56 Å². The van der Waals surface area contributed by atoms with Crippen molar-refractivity contribution in [3.05, 3.63) is 78.4 Å². The van der Waals surface area contributed by atoms with Gasteiger partial charge in [0.05, 0.1) is 32.2 Å². The Labute approximate surface area is 174 Å². The maximum Gasteiger partial charge on any atom is 0.328 e. The van der Waals surface area contributed by atoms with Crippen molar-refractivity contribution in [1.82, 2.24) is 9.97 Å². The predicted molar refractivity (Wildman–Crippen MR) is 117 cm³/mol. The van der Waals surface area contributed by atoms with E-state index in [0.717, 1.165) is 22.0 Å². The molecule has 1 heterocycles. The summed E-state index contributed by atoms with van der Waals surface area (Å²) in [6, 6.07) is 23.3. The lowest BCUT2D eigenvalue weighted by molar-refractivity contribution is 0.348. The molecule has 0 unspecified atom stereocenters. The molecule has 30 heavy (non-hydrogen) atoms. The number of para-hydroxylation sites is 1. The Balaban J connectivity index is 1.72. The first-order valence-corrected chi connectivity index (χ1v) is 9.27. The number of fused-ring (bicyclic) bond motifs is 1. The number of nitrogens with one attached hydrogen (secondary N) is 1. The molecule has 0 amide bonds. The number of ether oxygens (including phenoxy) is 3. The van der Waals surface area contributed by atoms with Crippen LogP contribution in [0.5, 0.6) is 23.5 Å². The molecule has 4 aromatic rings. The molecule has 0 saturated carbocycles. The normalized spacial score (nSPS) is 10.9. The van der Waals surface area contributed by atoms with E-state index in [-0.39, 0.29) is 6.01 Å². The maximum atomic E-state index is 6.00. The Bertz CT molecular complexity index is 1160.